The standard InChI is InChI=1S/C9H17N3S/c1-2-3-4-5-6-11-9-12-7-8(10)13-9/h7H,2-6,10H2,1H3,(H,11,12). The highest BCUT2D eigenvalue weighted by molar-refractivity contribution is 7.19. The first-order valence-electron chi connectivity index (χ1n) is 4.78. The fourth-order valence-corrected chi connectivity index (χ4v) is 1.72. The number of unbranched alkanes of at least 4 members (excludes halogenated alkanes) is 3. The van der Waals surface area contributed by atoms with Crippen molar-refractivity contribution in [2.75, 3.05) is 17.6 Å². The number of nitrogens with zero attached hydrogens (tertiary/aromatic N) is 1. The zero-order valence-electron chi connectivity index (χ0n) is 8.05. The van der Waals surface area contributed by atoms with E-state index in [-0.39, 0.29) is 0 Å². The Hall–Kier alpha value is -0.770. The molecule has 0 unspecified atom stereocenters. The van der Waals surface area contributed by atoms with E-state index in [2.05, 4.69) is 17.2 Å². The molecule has 1 heterocycles. The van der Waals surface area contributed by atoms with Crippen LogP contribution >= 0.6 is 11.3 Å². The number of hydrogen-bond donors (Lipinski definition) is 2. The second kappa shape index (κ2) is 5.80. The molecule has 4 heteroatoms. The molecule has 0 saturated heterocycles. The van der Waals surface area contributed by atoms with Crippen LogP contribution in [0.15, 0.2) is 6.20 Å². The zero-order valence-corrected chi connectivity index (χ0v) is 8.86. The van der Waals surface area contributed by atoms with Gasteiger partial charge in [0.25, 0.3) is 0 Å². The Morgan fingerprint density at radius 2 is 2.31 bits per heavy atom. The number of aromatic nitrogens is 1. The Bertz CT molecular complexity index is 235. The van der Waals surface area contributed by atoms with E-state index in [0.717, 1.165) is 16.7 Å². The number of hydrogen-bond acceptors (Lipinski definition) is 4. The van der Waals surface area contributed by atoms with Crippen molar-refractivity contribution >= 4 is 21.5 Å². The lowest BCUT2D eigenvalue weighted by atomic mass is 10.2. The largest absolute Gasteiger partial charge is 0.389 e. The Balaban J connectivity index is 2.06. The Morgan fingerprint density at radius 1 is 1.46 bits per heavy atom. The molecule has 0 aliphatic carbocycles. The number of anilines is 2. The van der Waals surface area contributed by atoms with Crippen LogP contribution in [0.5, 0.6) is 0 Å². The minimum Gasteiger partial charge on any atom is -0.389 e. The molecule has 0 atom stereocenters. The maximum absolute atomic E-state index is 5.55. The summed E-state index contributed by atoms with van der Waals surface area (Å²) in [4.78, 5) is 4.12. The molecule has 1 aromatic heterocycles. The SMILES string of the molecule is CCCCCCNc1ncc(N)s1. The van der Waals surface area contributed by atoms with Crippen LogP contribution in [-0.2, 0) is 0 Å². The van der Waals surface area contributed by atoms with Gasteiger partial charge < -0.3 is 11.1 Å². The summed E-state index contributed by atoms with van der Waals surface area (Å²) < 4.78 is 0. The first kappa shape index (κ1) is 10.3. The molecular weight excluding hydrogens is 182 g/mol. The molecule has 0 aliphatic rings. The van der Waals surface area contributed by atoms with Crippen molar-refractivity contribution in [3.8, 4) is 0 Å². The van der Waals surface area contributed by atoms with Gasteiger partial charge in [0.2, 0.25) is 0 Å². The minimum atomic E-state index is 0.774. The Kier molecular flexibility index (Phi) is 4.60. The van der Waals surface area contributed by atoms with Crippen LogP contribution in [-0.4, -0.2) is 11.5 Å². The van der Waals surface area contributed by atoms with Gasteiger partial charge in [0.05, 0.1) is 6.20 Å². The fraction of sp³-hybridized carbons (Fsp3) is 0.667. The van der Waals surface area contributed by atoms with E-state index in [9.17, 15) is 0 Å². The Morgan fingerprint density at radius 3 is 2.92 bits per heavy atom. The quantitative estimate of drug-likeness (QED) is 0.693. The summed E-state index contributed by atoms with van der Waals surface area (Å²) in [5.41, 5.74) is 5.55. The average molecular weight is 199 g/mol. The number of thiazole rings is 1. The van der Waals surface area contributed by atoms with Crippen LogP contribution < -0.4 is 11.1 Å². The summed E-state index contributed by atoms with van der Waals surface area (Å²) >= 11 is 1.51. The van der Waals surface area contributed by atoms with Crippen LogP contribution in [0, 0.1) is 0 Å². The summed E-state index contributed by atoms with van der Waals surface area (Å²) in [5.74, 6) is 0. The molecule has 0 saturated carbocycles. The summed E-state index contributed by atoms with van der Waals surface area (Å²) in [6, 6.07) is 0. The van der Waals surface area contributed by atoms with Crippen LogP contribution in [0.25, 0.3) is 0 Å². The highest BCUT2D eigenvalue weighted by Crippen LogP contribution is 2.19. The van der Waals surface area contributed by atoms with Crippen molar-refractivity contribution in [2.24, 2.45) is 0 Å². The predicted molar refractivity (Wildman–Crippen MR) is 59.2 cm³/mol. The van der Waals surface area contributed by atoms with Crippen LogP contribution in [0.3, 0.4) is 0 Å². The second-order valence-corrected chi connectivity index (χ2v) is 4.12. The first-order valence-corrected chi connectivity index (χ1v) is 5.59. The summed E-state index contributed by atoms with van der Waals surface area (Å²) in [7, 11) is 0. The minimum absolute atomic E-state index is 0.774. The Labute approximate surface area is 83.4 Å². The molecule has 0 spiro atoms. The summed E-state index contributed by atoms with van der Waals surface area (Å²) in [6.07, 6.45) is 6.81. The molecule has 3 N–H and O–H groups in total. The zero-order chi connectivity index (χ0) is 9.52. The molecule has 13 heavy (non-hydrogen) atoms. The molecule has 74 valence electrons. The molecule has 0 aromatic carbocycles. The van der Waals surface area contributed by atoms with E-state index in [4.69, 9.17) is 5.73 Å². The van der Waals surface area contributed by atoms with Crippen molar-refractivity contribution in [1.82, 2.24) is 4.98 Å². The normalized spacial score (nSPS) is 10.2. The van der Waals surface area contributed by atoms with Gasteiger partial charge in [0.15, 0.2) is 5.13 Å². The number of nitrogens with one attached hydrogen (secondary N) is 1. The lowest BCUT2D eigenvalue weighted by Gasteiger charge is -2.00. The molecule has 0 bridgehead atoms. The predicted octanol–water partition coefficient (Wildman–Crippen LogP) is 2.72. The maximum atomic E-state index is 5.55. The van der Waals surface area contributed by atoms with Gasteiger partial charge in [0.1, 0.15) is 5.00 Å². The van der Waals surface area contributed by atoms with Crippen molar-refractivity contribution in [2.45, 2.75) is 32.6 Å². The van der Waals surface area contributed by atoms with Gasteiger partial charge >= 0.3 is 0 Å². The number of rotatable bonds is 6. The molecule has 0 amide bonds. The molecule has 0 fully saturated rings. The topological polar surface area (TPSA) is 50.9 Å². The summed E-state index contributed by atoms with van der Waals surface area (Å²) in [6.45, 7) is 3.22. The third kappa shape index (κ3) is 4.12. The van der Waals surface area contributed by atoms with Gasteiger partial charge in [-0.05, 0) is 6.42 Å². The van der Waals surface area contributed by atoms with Crippen molar-refractivity contribution < 1.29 is 0 Å². The van der Waals surface area contributed by atoms with E-state index < -0.39 is 0 Å². The lowest BCUT2D eigenvalue weighted by Crippen LogP contribution is -2.00. The van der Waals surface area contributed by atoms with Gasteiger partial charge in [-0.2, -0.15) is 0 Å². The second-order valence-electron chi connectivity index (χ2n) is 3.06. The number of nitrogen functional groups attached to an aromatic ring is 1. The molecule has 0 radical (unpaired) electrons. The smallest absolute Gasteiger partial charge is 0.184 e. The van der Waals surface area contributed by atoms with Gasteiger partial charge in [0, 0.05) is 6.54 Å². The van der Waals surface area contributed by atoms with Gasteiger partial charge in [-0.25, -0.2) is 4.98 Å². The lowest BCUT2D eigenvalue weighted by molar-refractivity contribution is 0.685. The van der Waals surface area contributed by atoms with E-state index in [1.54, 1.807) is 6.20 Å². The van der Waals surface area contributed by atoms with Gasteiger partial charge in [-0.3, -0.25) is 0 Å². The van der Waals surface area contributed by atoms with Crippen molar-refractivity contribution in [3.05, 3.63) is 6.20 Å². The van der Waals surface area contributed by atoms with E-state index >= 15 is 0 Å². The van der Waals surface area contributed by atoms with E-state index in [1.165, 1.54) is 37.0 Å². The van der Waals surface area contributed by atoms with Crippen LogP contribution in [0.1, 0.15) is 32.6 Å². The highest BCUT2D eigenvalue weighted by atomic mass is 32.1. The van der Waals surface area contributed by atoms with E-state index in [1.807, 2.05) is 0 Å². The van der Waals surface area contributed by atoms with E-state index in [0.29, 0.717) is 0 Å². The first-order chi connectivity index (χ1) is 6.33. The van der Waals surface area contributed by atoms with Crippen molar-refractivity contribution in [3.63, 3.8) is 0 Å². The third-order valence-electron chi connectivity index (χ3n) is 1.83. The monoisotopic (exact) mass is 199 g/mol. The summed E-state index contributed by atoms with van der Waals surface area (Å²) in [5, 5.41) is 4.96. The molecule has 0 aliphatic heterocycles. The molecule has 1 aromatic rings. The number of nitrogens with two attached hydrogens (primary N) is 1. The maximum Gasteiger partial charge on any atom is 0.184 e. The van der Waals surface area contributed by atoms with Crippen LogP contribution in [0.4, 0.5) is 10.1 Å². The van der Waals surface area contributed by atoms with Gasteiger partial charge in [-0.15, -0.1) is 0 Å². The van der Waals surface area contributed by atoms with Gasteiger partial charge in [-0.1, -0.05) is 37.5 Å². The average Bonchev–Trinajstić information content (AvgIpc) is 2.51. The fourth-order valence-electron chi connectivity index (χ4n) is 1.12. The molecule has 1 rings (SSSR count). The highest BCUT2D eigenvalue weighted by Gasteiger charge is 1.96. The van der Waals surface area contributed by atoms with Crippen LogP contribution in [0.2, 0.25) is 0 Å². The third-order valence-corrected chi connectivity index (χ3v) is 2.61. The molecule has 3 nitrogen and oxygen atoms in total. The molecular formula is C9H17N3S. The van der Waals surface area contributed by atoms with Crippen molar-refractivity contribution in [1.29, 1.82) is 0 Å².